The number of hydrogen-bond donors (Lipinski definition) is 1. The minimum absolute atomic E-state index is 0.621. The molecule has 2 rings (SSSR count). The lowest BCUT2D eigenvalue weighted by Gasteiger charge is -2.21. The normalized spacial score (nSPS) is 16.2. The summed E-state index contributed by atoms with van der Waals surface area (Å²) in [6.07, 6.45) is 8.31. The molecule has 0 spiro atoms. The van der Waals surface area contributed by atoms with Crippen molar-refractivity contribution in [2.75, 3.05) is 6.54 Å². The van der Waals surface area contributed by atoms with Crippen LogP contribution in [0.3, 0.4) is 0 Å². The second-order valence-corrected chi connectivity index (χ2v) is 5.79. The van der Waals surface area contributed by atoms with Crippen LogP contribution in [0.5, 0.6) is 0 Å². The Morgan fingerprint density at radius 2 is 2.05 bits per heavy atom. The average Bonchev–Trinajstić information content (AvgIpc) is 2.46. The highest BCUT2D eigenvalue weighted by Crippen LogP contribution is 2.25. The minimum atomic E-state index is 0.621. The number of rotatable bonds is 5. The topological polar surface area (TPSA) is 35.8 Å². The molecule has 0 saturated heterocycles. The maximum Gasteiger partial charge on any atom is 0.0992 e. The number of nitrogens with zero attached hydrogens (tertiary/aromatic N) is 1. The Morgan fingerprint density at radius 3 is 2.74 bits per heavy atom. The van der Waals surface area contributed by atoms with Gasteiger partial charge in [-0.2, -0.15) is 5.26 Å². The molecule has 1 fully saturated rings. The molecule has 1 aliphatic carbocycles. The van der Waals surface area contributed by atoms with E-state index >= 15 is 0 Å². The van der Waals surface area contributed by atoms with E-state index in [2.05, 4.69) is 11.4 Å². The van der Waals surface area contributed by atoms with Crippen molar-refractivity contribution in [3.8, 4) is 6.07 Å². The molecule has 0 aliphatic heterocycles. The fourth-order valence-electron chi connectivity index (χ4n) is 2.77. The van der Waals surface area contributed by atoms with Crippen LogP contribution in [-0.4, -0.2) is 6.54 Å². The zero-order valence-electron chi connectivity index (χ0n) is 11.3. The molecule has 0 radical (unpaired) electrons. The van der Waals surface area contributed by atoms with Crippen LogP contribution < -0.4 is 5.32 Å². The smallest absolute Gasteiger partial charge is 0.0992 e. The Balaban J connectivity index is 1.72. The van der Waals surface area contributed by atoms with Gasteiger partial charge in [0.15, 0.2) is 0 Å². The maximum absolute atomic E-state index is 8.79. The molecular formula is C16H21ClN2. The molecule has 1 saturated carbocycles. The van der Waals surface area contributed by atoms with E-state index in [1.165, 1.54) is 38.5 Å². The van der Waals surface area contributed by atoms with Crippen molar-refractivity contribution in [1.29, 1.82) is 5.26 Å². The molecule has 0 heterocycles. The van der Waals surface area contributed by atoms with Crippen molar-refractivity contribution >= 4 is 11.6 Å². The van der Waals surface area contributed by atoms with E-state index in [1.54, 1.807) is 6.07 Å². The van der Waals surface area contributed by atoms with Crippen molar-refractivity contribution in [3.63, 3.8) is 0 Å². The van der Waals surface area contributed by atoms with Crippen LogP contribution in [0, 0.1) is 17.2 Å². The SMILES string of the molecule is N#Cc1ccc(CNCCC2CCCCC2)c(Cl)c1. The molecule has 0 unspecified atom stereocenters. The Labute approximate surface area is 120 Å². The van der Waals surface area contributed by atoms with Crippen molar-refractivity contribution in [2.24, 2.45) is 5.92 Å². The van der Waals surface area contributed by atoms with E-state index < -0.39 is 0 Å². The standard InChI is InChI=1S/C16H21ClN2/c17-16-10-14(11-18)6-7-15(16)12-19-9-8-13-4-2-1-3-5-13/h6-7,10,13,19H,1-5,8-9,12H2. The van der Waals surface area contributed by atoms with Gasteiger partial charge in [-0.05, 0) is 36.6 Å². The van der Waals surface area contributed by atoms with Gasteiger partial charge in [-0.3, -0.25) is 0 Å². The van der Waals surface area contributed by atoms with Crippen molar-refractivity contribution < 1.29 is 0 Å². The third-order valence-electron chi connectivity index (χ3n) is 3.95. The minimum Gasteiger partial charge on any atom is -0.313 e. The Bertz CT molecular complexity index is 445. The highest BCUT2D eigenvalue weighted by atomic mass is 35.5. The van der Waals surface area contributed by atoms with Gasteiger partial charge < -0.3 is 5.32 Å². The van der Waals surface area contributed by atoms with Gasteiger partial charge >= 0.3 is 0 Å². The lowest BCUT2D eigenvalue weighted by atomic mass is 9.87. The number of benzene rings is 1. The molecule has 19 heavy (non-hydrogen) atoms. The molecule has 2 nitrogen and oxygen atoms in total. The number of hydrogen-bond acceptors (Lipinski definition) is 2. The lowest BCUT2D eigenvalue weighted by Crippen LogP contribution is -2.19. The summed E-state index contributed by atoms with van der Waals surface area (Å²) in [6.45, 7) is 1.85. The largest absolute Gasteiger partial charge is 0.313 e. The molecule has 0 atom stereocenters. The third-order valence-corrected chi connectivity index (χ3v) is 4.30. The van der Waals surface area contributed by atoms with Crippen LogP contribution in [-0.2, 0) is 6.54 Å². The number of halogens is 1. The summed E-state index contributed by atoms with van der Waals surface area (Å²) in [5, 5.41) is 12.9. The van der Waals surface area contributed by atoms with E-state index in [9.17, 15) is 0 Å². The second-order valence-electron chi connectivity index (χ2n) is 5.39. The van der Waals surface area contributed by atoms with E-state index in [0.29, 0.717) is 10.6 Å². The fourth-order valence-corrected chi connectivity index (χ4v) is 3.01. The highest BCUT2D eigenvalue weighted by Gasteiger charge is 2.12. The molecule has 1 aromatic carbocycles. The van der Waals surface area contributed by atoms with Crippen molar-refractivity contribution in [2.45, 2.75) is 45.1 Å². The quantitative estimate of drug-likeness (QED) is 0.815. The predicted octanol–water partition coefficient (Wildman–Crippen LogP) is 4.27. The Hall–Kier alpha value is -1.04. The molecule has 0 amide bonds. The van der Waals surface area contributed by atoms with Gasteiger partial charge in [0.25, 0.3) is 0 Å². The molecule has 0 aromatic heterocycles. The summed E-state index contributed by atoms with van der Waals surface area (Å²) in [4.78, 5) is 0. The Morgan fingerprint density at radius 1 is 1.26 bits per heavy atom. The van der Waals surface area contributed by atoms with Crippen molar-refractivity contribution in [1.82, 2.24) is 5.32 Å². The molecule has 3 heteroatoms. The molecule has 0 bridgehead atoms. The highest BCUT2D eigenvalue weighted by molar-refractivity contribution is 6.31. The summed E-state index contributed by atoms with van der Waals surface area (Å²) in [6, 6.07) is 7.60. The maximum atomic E-state index is 8.79. The number of nitriles is 1. The molecule has 1 aromatic rings. The summed E-state index contributed by atoms with van der Waals surface area (Å²) in [7, 11) is 0. The van der Waals surface area contributed by atoms with Crippen molar-refractivity contribution in [3.05, 3.63) is 34.3 Å². The first-order valence-corrected chi connectivity index (χ1v) is 7.56. The average molecular weight is 277 g/mol. The molecule has 102 valence electrons. The van der Waals surface area contributed by atoms with E-state index in [-0.39, 0.29) is 0 Å². The van der Waals surface area contributed by atoms with E-state index in [1.807, 2.05) is 12.1 Å². The van der Waals surface area contributed by atoms with Gasteiger partial charge in [0.2, 0.25) is 0 Å². The van der Waals surface area contributed by atoms with Gasteiger partial charge in [0.1, 0.15) is 0 Å². The van der Waals surface area contributed by atoms with Gasteiger partial charge in [0, 0.05) is 11.6 Å². The first-order valence-electron chi connectivity index (χ1n) is 7.19. The molecular weight excluding hydrogens is 256 g/mol. The van der Waals surface area contributed by atoms with Gasteiger partial charge in [-0.15, -0.1) is 0 Å². The molecule has 1 N–H and O–H groups in total. The first-order chi connectivity index (χ1) is 9.29. The molecule has 1 aliphatic rings. The monoisotopic (exact) mass is 276 g/mol. The fraction of sp³-hybridized carbons (Fsp3) is 0.562. The van der Waals surface area contributed by atoms with Gasteiger partial charge in [-0.25, -0.2) is 0 Å². The van der Waals surface area contributed by atoms with Crippen LogP contribution >= 0.6 is 11.6 Å². The van der Waals surface area contributed by atoms with E-state index in [4.69, 9.17) is 16.9 Å². The first kappa shape index (κ1) is 14.4. The zero-order chi connectivity index (χ0) is 13.5. The van der Waals surface area contributed by atoms with Crippen LogP contribution in [0.2, 0.25) is 5.02 Å². The lowest BCUT2D eigenvalue weighted by molar-refractivity contribution is 0.334. The summed E-state index contributed by atoms with van der Waals surface area (Å²) < 4.78 is 0. The van der Waals surface area contributed by atoms with Gasteiger partial charge in [-0.1, -0.05) is 49.8 Å². The third kappa shape index (κ3) is 4.53. The van der Waals surface area contributed by atoms with Crippen LogP contribution in [0.25, 0.3) is 0 Å². The second kappa shape index (κ2) is 7.53. The number of nitrogens with one attached hydrogen (secondary N) is 1. The van der Waals surface area contributed by atoms with E-state index in [0.717, 1.165) is 24.6 Å². The Kier molecular flexibility index (Phi) is 5.69. The summed E-state index contributed by atoms with van der Waals surface area (Å²) in [5.74, 6) is 0.915. The predicted molar refractivity (Wildman–Crippen MR) is 79.1 cm³/mol. The van der Waals surface area contributed by atoms with Crippen LogP contribution in [0.4, 0.5) is 0 Å². The zero-order valence-corrected chi connectivity index (χ0v) is 12.0. The van der Waals surface area contributed by atoms with Crippen LogP contribution in [0.15, 0.2) is 18.2 Å². The van der Waals surface area contributed by atoms with Crippen LogP contribution in [0.1, 0.15) is 49.7 Å². The summed E-state index contributed by atoms with van der Waals surface area (Å²) >= 11 is 6.14. The summed E-state index contributed by atoms with van der Waals surface area (Å²) in [5.41, 5.74) is 1.69. The van der Waals surface area contributed by atoms with Gasteiger partial charge in [0.05, 0.1) is 11.6 Å².